The van der Waals surface area contributed by atoms with E-state index < -0.39 is 0 Å². The van der Waals surface area contributed by atoms with Crippen LogP contribution in [0.5, 0.6) is 0 Å². The number of esters is 1. The van der Waals surface area contributed by atoms with Crippen LogP contribution >= 0.6 is 0 Å². The second-order valence-electron chi connectivity index (χ2n) is 5.05. The molecule has 0 atom stereocenters. The zero-order valence-corrected chi connectivity index (χ0v) is 10.5. The lowest BCUT2D eigenvalue weighted by molar-refractivity contribution is -0.153. The fourth-order valence-electron chi connectivity index (χ4n) is 2.39. The van der Waals surface area contributed by atoms with Gasteiger partial charge in [-0.1, -0.05) is 38.7 Å². The van der Waals surface area contributed by atoms with Gasteiger partial charge in [-0.3, -0.25) is 0 Å². The quantitative estimate of drug-likeness (QED) is 0.523. The predicted octanol–water partition coefficient (Wildman–Crippen LogP) is 4.00. The Morgan fingerprint density at radius 2 is 1.50 bits per heavy atom. The number of carbonyl (C=O) groups is 1. The highest BCUT2D eigenvalue weighted by molar-refractivity contribution is 5.81. The Labute approximate surface area is 99.1 Å². The minimum atomic E-state index is -0.278. The molecular weight excluding hydrogens is 200 g/mol. The molecule has 1 rings (SSSR count). The second-order valence-corrected chi connectivity index (χ2v) is 5.05. The summed E-state index contributed by atoms with van der Waals surface area (Å²) < 4.78 is 5.50. The van der Waals surface area contributed by atoms with E-state index in [1.54, 1.807) is 0 Å². The van der Waals surface area contributed by atoms with Crippen LogP contribution in [0.25, 0.3) is 0 Å². The Hall–Kier alpha value is -0.790. The highest BCUT2D eigenvalue weighted by Crippen LogP contribution is 2.28. The van der Waals surface area contributed by atoms with Crippen molar-refractivity contribution in [1.82, 2.24) is 0 Å². The van der Waals surface area contributed by atoms with E-state index in [-0.39, 0.29) is 11.6 Å². The van der Waals surface area contributed by atoms with Crippen molar-refractivity contribution in [3.8, 4) is 0 Å². The first kappa shape index (κ1) is 13.3. The number of ether oxygens (including phenoxy) is 1. The van der Waals surface area contributed by atoms with Crippen molar-refractivity contribution in [1.29, 1.82) is 0 Å². The maximum Gasteiger partial charge on any atom is 0.330 e. The molecule has 1 aliphatic rings. The van der Waals surface area contributed by atoms with Crippen molar-refractivity contribution >= 4 is 5.97 Å². The van der Waals surface area contributed by atoms with Gasteiger partial charge < -0.3 is 4.74 Å². The van der Waals surface area contributed by atoms with Crippen molar-refractivity contribution < 1.29 is 9.53 Å². The van der Waals surface area contributed by atoms with E-state index in [1.807, 2.05) is 0 Å². The van der Waals surface area contributed by atoms with Gasteiger partial charge in [0.05, 0.1) is 0 Å². The molecule has 1 aliphatic carbocycles. The monoisotopic (exact) mass is 224 g/mol. The molecular formula is C14H24O2. The van der Waals surface area contributed by atoms with Crippen LogP contribution in [0.2, 0.25) is 0 Å². The average Bonchev–Trinajstić information content (AvgIpc) is 2.27. The topological polar surface area (TPSA) is 26.3 Å². The summed E-state index contributed by atoms with van der Waals surface area (Å²) in [5, 5.41) is 0. The van der Waals surface area contributed by atoms with Gasteiger partial charge in [-0.2, -0.15) is 0 Å². The third-order valence-electron chi connectivity index (χ3n) is 3.42. The van der Waals surface area contributed by atoms with Gasteiger partial charge in [-0.25, -0.2) is 4.79 Å². The molecule has 16 heavy (non-hydrogen) atoms. The van der Waals surface area contributed by atoms with Crippen molar-refractivity contribution in [2.24, 2.45) is 0 Å². The summed E-state index contributed by atoms with van der Waals surface area (Å²) in [5.41, 5.74) is -0.261. The smallest absolute Gasteiger partial charge is 0.330 e. The number of rotatable bonds is 2. The Kier molecular flexibility index (Phi) is 5.58. The molecule has 0 amide bonds. The second kappa shape index (κ2) is 6.72. The molecule has 1 saturated carbocycles. The summed E-state index contributed by atoms with van der Waals surface area (Å²) in [6.07, 6.45) is 12.1. The number of carbonyl (C=O) groups excluding carboxylic acids is 1. The zero-order valence-electron chi connectivity index (χ0n) is 10.5. The normalized spacial score (nSPS) is 22.1. The standard InChI is InChI=1S/C14H24O2/c1-3-13(15)16-14(2)11-9-7-5-4-6-8-10-12-14/h3H,1,4-12H2,2H3. The molecule has 2 nitrogen and oxygen atoms in total. The fourth-order valence-corrected chi connectivity index (χ4v) is 2.39. The van der Waals surface area contributed by atoms with E-state index in [0.717, 1.165) is 12.8 Å². The van der Waals surface area contributed by atoms with E-state index in [4.69, 9.17) is 4.74 Å². The molecule has 0 aromatic heterocycles. The van der Waals surface area contributed by atoms with Crippen LogP contribution in [0, 0.1) is 0 Å². The van der Waals surface area contributed by atoms with E-state index in [0.29, 0.717) is 0 Å². The van der Waals surface area contributed by atoms with Crippen LogP contribution in [0.1, 0.15) is 64.7 Å². The first-order valence-corrected chi connectivity index (χ1v) is 6.52. The van der Waals surface area contributed by atoms with Crippen LogP contribution in [0.4, 0.5) is 0 Å². The molecule has 0 aromatic rings. The van der Waals surface area contributed by atoms with E-state index >= 15 is 0 Å². The van der Waals surface area contributed by atoms with Gasteiger partial charge in [0.1, 0.15) is 5.60 Å². The molecule has 92 valence electrons. The zero-order chi connectivity index (χ0) is 11.9. The summed E-state index contributed by atoms with van der Waals surface area (Å²) in [6.45, 7) is 5.52. The lowest BCUT2D eigenvalue weighted by Gasteiger charge is -2.30. The predicted molar refractivity (Wildman–Crippen MR) is 66.2 cm³/mol. The van der Waals surface area contributed by atoms with Crippen molar-refractivity contribution in [2.45, 2.75) is 70.3 Å². The minimum Gasteiger partial charge on any atom is -0.456 e. The number of hydrogen-bond acceptors (Lipinski definition) is 2. The van der Waals surface area contributed by atoms with Gasteiger partial charge in [0.25, 0.3) is 0 Å². The van der Waals surface area contributed by atoms with Crippen molar-refractivity contribution in [3.63, 3.8) is 0 Å². The summed E-state index contributed by atoms with van der Waals surface area (Å²) in [7, 11) is 0. The highest BCUT2D eigenvalue weighted by Gasteiger charge is 2.27. The van der Waals surface area contributed by atoms with Crippen molar-refractivity contribution in [2.75, 3.05) is 0 Å². The Bertz CT molecular complexity index is 223. The first-order chi connectivity index (χ1) is 7.66. The molecule has 0 aromatic carbocycles. The summed E-state index contributed by atoms with van der Waals surface area (Å²) in [6, 6.07) is 0. The van der Waals surface area contributed by atoms with Gasteiger partial charge in [-0.05, 0) is 32.6 Å². The molecule has 0 unspecified atom stereocenters. The molecule has 0 bridgehead atoms. The van der Waals surface area contributed by atoms with E-state index in [2.05, 4.69) is 13.5 Å². The Morgan fingerprint density at radius 3 is 1.94 bits per heavy atom. The van der Waals surface area contributed by atoms with Gasteiger partial charge in [0.2, 0.25) is 0 Å². The van der Waals surface area contributed by atoms with Gasteiger partial charge in [0.15, 0.2) is 0 Å². The SMILES string of the molecule is C=CC(=O)OC1(C)CCCCCCCCC1. The largest absolute Gasteiger partial charge is 0.456 e. The molecule has 1 fully saturated rings. The lowest BCUT2D eigenvalue weighted by Crippen LogP contribution is -2.31. The Balaban J connectivity index is 2.50. The summed E-state index contributed by atoms with van der Waals surface area (Å²) in [5.74, 6) is -0.278. The highest BCUT2D eigenvalue weighted by atomic mass is 16.6. The minimum absolute atomic E-state index is 0.261. The molecule has 0 aliphatic heterocycles. The third kappa shape index (κ3) is 4.82. The van der Waals surface area contributed by atoms with Crippen LogP contribution in [0.3, 0.4) is 0 Å². The lowest BCUT2D eigenvalue weighted by atomic mass is 9.89. The number of hydrogen-bond donors (Lipinski definition) is 0. The van der Waals surface area contributed by atoms with Crippen molar-refractivity contribution in [3.05, 3.63) is 12.7 Å². The van der Waals surface area contributed by atoms with Gasteiger partial charge in [0, 0.05) is 6.08 Å². The Morgan fingerprint density at radius 1 is 1.06 bits per heavy atom. The summed E-state index contributed by atoms with van der Waals surface area (Å²) >= 11 is 0. The van der Waals surface area contributed by atoms with Gasteiger partial charge >= 0.3 is 5.97 Å². The maximum atomic E-state index is 11.3. The molecule has 0 N–H and O–H groups in total. The van der Waals surface area contributed by atoms with Crippen LogP contribution in [0.15, 0.2) is 12.7 Å². The first-order valence-electron chi connectivity index (χ1n) is 6.52. The molecule has 0 heterocycles. The van der Waals surface area contributed by atoms with Crippen LogP contribution < -0.4 is 0 Å². The fraction of sp³-hybridized carbons (Fsp3) is 0.786. The van der Waals surface area contributed by atoms with Crippen LogP contribution in [-0.4, -0.2) is 11.6 Å². The third-order valence-corrected chi connectivity index (χ3v) is 3.42. The molecule has 0 spiro atoms. The van der Waals surface area contributed by atoms with Gasteiger partial charge in [-0.15, -0.1) is 0 Å². The molecule has 0 radical (unpaired) electrons. The maximum absolute atomic E-state index is 11.3. The average molecular weight is 224 g/mol. The molecule has 0 saturated heterocycles. The van der Waals surface area contributed by atoms with Crippen LogP contribution in [-0.2, 0) is 9.53 Å². The molecule has 2 heteroatoms. The van der Waals surface area contributed by atoms with E-state index in [9.17, 15) is 4.79 Å². The summed E-state index contributed by atoms with van der Waals surface area (Å²) in [4.78, 5) is 11.3. The van der Waals surface area contributed by atoms with E-state index in [1.165, 1.54) is 51.0 Å².